The molecule has 0 saturated carbocycles. The van der Waals surface area contributed by atoms with Crippen molar-refractivity contribution in [3.63, 3.8) is 0 Å². The second kappa shape index (κ2) is 6.11. The Hall–Kier alpha value is -0.740. The molecule has 0 amide bonds. The monoisotopic (exact) mass is 288 g/mol. The Labute approximate surface area is 103 Å². The van der Waals surface area contributed by atoms with E-state index in [1.807, 2.05) is 6.92 Å². The van der Waals surface area contributed by atoms with Gasteiger partial charge in [-0.05, 0) is 30.2 Å². The molecule has 0 saturated heterocycles. The van der Waals surface area contributed by atoms with E-state index in [9.17, 15) is 9.18 Å². The van der Waals surface area contributed by atoms with Gasteiger partial charge in [0.1, 0.15) is 11.9 Å². The van der Waals surface area contributed by atoms with Gasteiger partial charge in [-0.1, -0.05) is 22.9 Å². The van der Waals surface area contributed by atoms with Gasteiger partial charge in [0.25, 0.3) is 0 Å². The van der Waals surface area contributed by atoms with Crippen LogP contribution in [0.4, 0.5) is 4.39 Å². The van der Waals surface area contributed by atoms with E-state index in [0.717, 1.165) is 4.47 Å². The SMILES string of the molecule is CCC(OC)C(=O)Cc1cc(Br)ccc1F. The summed E-state index contributed by atoms with van der Waals surface area (Å²) in [7, 11) is 1.49. The number of carbonyl (C=O) groups is 1. The normalized spacial score (nSPS) is 12.5. The molecule has 0 fully saturated rings. The zero-order chi connectivity index (χ0) is 12.1. The standard InChI is InChI=1S/C12H14BrFO2/c1-3-12(16-2)11(15)7-8-6-9(13)4-5-10(8)14/h4-6,12H,3,7H2,1-2H3. The van der Waals surface area contributed by atoms with E-state index in [0.29, 0.717) is 12.0 Å². The number of benzene rings is 1. The van der Waals surface area contributed by atoms with Crippen LogP contribution in [0.2, 0.25) is 0 Å². The Morgan fingerprint density at radius 1 is 1.56 bits per heavy atom. The van der Waals surface area contributed by atoms with Crippen molar-refractivity contribution in [3.05, 3.63) is 34.1 Å². The molecular weight excluding hydrogens is 275 g/mol. The number of halogens is 2. The molecule has 0 spiro atoms. The lowest BCUT2D eigenvalue weighted by Gasteiger charge is -2.11. The molecular formula is C12H14BrFO2. The highest BCUT2D eigenvalue weighted by Crippen LogP contribution is 2.17. The maximum absolute atomic E-state index is 13.4. The van der Waals surface area contributed by atoms with E-state index in [1.165, 1.54) is 13.2 Å². The number of ether oxygens (including phenoxy) is 1. The van der Waals surface area contributed by atoms with Crippen LogP contribution in [-0.4, -0.2) is 19.0 Å². The minimum absolute atomic E-state index is 0.0671. The first-order valence-corrected chi connectivity index (χ1v) is 5.87. The fourth-order valence-corrected chi connectivity index (χ4v) is 1.91. The second-order valence-electron chi connectivity index (χ2n) is 3.51. The molecule has 1 aromatic carbocycles. The van der Waals surface area contributed by atoms with Gasteiger partial charge >= 0.3 is 0 Å². The maximum atomic E-state index is 13.4. The van der Waals surface area contributed by atoms with Gasteiger partial charge in [-0.3, -0.25) is 4.79 Å². The number of ketones is 1. The van der Waals surface area contributed by atoms with Crippen LogP contribution < -0.4 is 0 Å². The molecule has 0 aliphatic carbocycles. The van der Waals surface area contributed by atoms with Crippen molar-refractivity contribution >= 4 is 21.7 Å². The minimum Gasteiger partial charge on any atom is -0.374 e. The van der Waals surface area contributed by atoms with Crippen molar-refractivity contribution < 1.29 is 13.9 Å². The first kappa shape index (κ1) is 13.3. The third-order valence-corrected chi connectivity index (χ3v) is 2.88. The fraction of sp³-hybridized carbons (Fsp3) is 0.417. The van der Waals surface area contributed by atoms with Gasteiger partial charge in [-0.2, -0.15) is 0 Å². The van der Waals surface area contributed by atoms with Gasteiger partial charge in [0.05, 0.1) is 0 Å². The summed E-state index contributed by atoms with van der Waals surface area (Å²) < 4.78 is 19.2. The minimum atomic E-state index is -0.446. The van der Waals surface area contributed by atoms with E-state index >= 15 is 0 Å². The first-order valence-electron chi connectivity index (χ1n) is 5.08. The van der Waals surface area contributed by atoms with Crippen molar-refractivity contribution in [2.75, 3.05) is 7.11 Å². The topological polar surface area (TPSA) is 26.3 Å². The number of rotatable bonds is 5. The molecule has 0 aliphatic heterocycles. The number of hydrogen-bond donors (Lipinski definition) is 0. The van der Waals surface area contributed by atoms with Crippen molar-refractivity contribution in [1.82, 2.24) is 0 Å². The van der Waals surface area contributed by atoms with E-state index in [-0.39, 0.29) is 18.0 Å². The Balaban J connectivity index is 2.80. The summed E-state index contributed by atoms with van der Waals surface area (Å²) in [5.41, 5.74) is 0.398. The molecule has 88 valence electrons. The quantitative estimate of drug-likeness (QED) is 0.832. The van der Waals surface area contributed by atoms with Crippen molar-refractivity contribution in [1.29, 1.82) is 0 Å². The van der Waals surface area contributed by atoms with Crippen molar-refractivity contribution in [2.45, 2.75) is 25.9 Å². The molecule has 1 aromatic rings. The van der Waals surface area contributed by atoms with Crippen LogP contribution >= 0.6 is 15.9 Å². The summed E-state index contributed by atoms with van der Waals surface area (Å²) in [5, 5.41) is 0. The predicted octanol–water partition coefficient (Wildman–Crippen LogP) is 3.12. The Kier molecular flexibility index (Phi) is 5.09. The van der Waals surface area contributed by atoms with Gasteiger partial charge in [-0.25, -0.2) is 4.39 Å². The summed E-state index contributed by atoms with van der Waals surface area (Å²) in [4.78, 5) is 11.7. The number of hydrogen-bond acceptors (Lipinski definition) is 2. The average molecular weight is 289 g/mol. The Bertz CT molecular complexity index is 375. The van der Waals surface area contributed by atoms with Gasteiger partial charge < -0.3 is 4.74 Å². The molecule has 0 bridgehead atoms. The summed E-state index contributed by atoms with van der Waals surface area (Å²) >= 11 is 3.25. The highest BCUT2D eigenvalue weighted by molar-refractivity contribution is 9.10. The second-order valence-corrected chi connectivity index (χ2v) is 4.43. The summed E-state index contributed by atoms with van der Waals surface area (Å²) in [5.74, 6) is -0.454. The van der Waals surface area contributed by atoms with Crippen LogP contribution in [0.3, 0.4) is 0 Å². The molecule has 16 heavy (non-hydrogen) atoms. The molecule has 1 atom stereocenters. The van der Waals surface area contributed by atoms with Gasteiger partial charge in [-0.15, -0.1) is 0 Å². The third-order valence-electron chi connectivity index (χ3n) is 2.39. The maximum Gasteiger partial charge on any atom is 0.165 e. The van der Waals surface area contributed by atoms with Crippen LogP contribution in [0, 0.1) is 5.82 Å². The molecule has 4 heteroatoms. The number of Topliss-reactive ketones (excluding diaryl/α,β-unsaturated/α-hetero) is 1. The number of methoxy groups -OCH3 is 1. The van der Waals surface area contributed by atoms with E-state index < -0.39 is 6.10 Å². The van der Waals surface area contributed by atoms with Crippen LogP contribution in [0.25, 0.3) is 0 Å². The highest BCUT2D eigenvalue weighted by atomic mass is 79.9. The molecule has 0 aromatic heterocycles. The Morgan fingerprint density at radius 2 is 2.25 bits per heavy atom. The lowest BCUT2D eigenvalue weighted by molar-refractivity contribution is -0.128. The Morgan fingerprint density at radius 3 is 2.81 bits per heavy atom. The van der Waals surface area contributed by atoms with Gasteiger partial charge in [0.15, 0.2) is 5.78 Å². The zero-order valence-corrected chi connectivity index (χ0v) is 10.9. The summed E-state index contributed by atoms with van der Waals surface area (Å²) in [6, 6.07) is 4.58. The largest absolute Gasteiger partial charge is 0.374 e. The fourth-order valence-electron chi connectivity index (χ4n) is 1.51. The molecule has 1 rings (SSSR count). The molecule has 1 unspecified atom stereocenters. The van der Waals surface area contributed by atoms with E-state index in [1.54, 1.807) is 12.1 Å². The van der Waals surface area contributed by atoms with E-state index in [4.69, 9.17) is 4.74 Å². The predicted molar refractivity (Wildman–Crippen MR) is 63.9 cm³/mol. The lowest BCUT2D eigenvalue weighted by Crippen LogP contribution is -2.24. The number of carbonyl (C=O) groups excluding carboxylic acids is 1. The summed E-state index contributed by atoms with van der Waals surface area (Å²) in [6.45, 7) is 1.86. The van der Waals surface area contributed by atoms with E-state index in [2.05, 4.69) is 15.9 Å². The van der Waals surface area contributed by atoms with Crippen LogP contribution in [0.5, 0.6) is 0 Å². The molecule has 0 N–H and O–H groups in total. The molecule has 2 nitrogen and oxygen atoms in total. The van der Waals surface area contributed by atoms with Crippen LogP contribution in [0.15, 0.2) is 22.7 Å². The van der Waals surface area contributed by atoms with Gasteiger partial charge in [0, 0.05) is 18.0 Å². The molecule has 0 heterocycles. The summed E-state index contributed by atoms with van der Waals surface area (Å²) in [6.07, 6.45) is 0.223. The lowest BCUT2D eigenvalue weighted by atomic mass is 10.0. The first-order chi connectivity index (χ1) is 7.58. The van der Waals surface area contributed by atoms with Crippen molar-refractivity contribution in [3.8, 4) is 0 Å². The molecule has 0 radical (unpaired) electrons. The molecule has 0 aliphatic rings. The van der Waals surface area contributed by atoms with Crippen molar-refractivity contribution in [2.24, 2.45) is 0 Å². The van der Waals surface area contributed by atoms with Crippen LogP contribution in [-0.2, 0) is 16.0 Å². The highest BCUT2D eigenvalue weighted by Gasteiger charge is 2.17. The zero-order valence-electron chi connectivity index (χ0n) is 9.30. The average Bonchev–Trinajstić information content (AvgIpc) is 2.25. The third kappa shape index (κ3) is 3.39. The van der Waals surface area contributed by atoms with Gasteiger partial charge in [0.2, 0.25) is 0 Å². The van der Waals surface area contributed by atoms with Crippen LogP contribution in [0.1, 0.15) is 18.9 Å². The smallest absolute Gasteiger partial charge is 0.165 e.